The zero-order valence-electron chi connectivity index (χ0n) is 9.18. The standard InChI is InChI=1S/C13H12ClN3/c14-13-15-7-6-12(17-13)16-11-8-10(11)9-4-2-1-3-5-9/h1-7,10-11H,8H2,(H,15,16,17). The molecule has 1 aliphatic carbocycles. The van der Waals surface area contributed by atoms with Crippen LogP contribution in [0.5, 0.6) is 0 Å². The van der Waals surface area contributed by atoms with Crippen LogP contribution in [-0.2, 0) is 0 Å². The quantitative estimate of drug-likeness (QED) is 0.845. The predicted molar refractivity (Wildman–Crippen MR) is 68.3 cm³/mol. The molecule has 0 radical (unpaired) electrons. The molecule has 2 unspecified atom stereocenters. The van der Waals surface area contributed by atoms with E-state index < -0.39 is 0 Å². The molecule has 1 heterocycles. The van der Waals surface area contributed by atoms with E-state index in [-0.39, 0.29) is 5.28 Å². The maximum Gasteiger partial charge on any atom is 0.224 e. The lowest BCUT2D eigenvalue weighted by molar-refractivity contribution is 1.02. The largest absolute Gasteiger partial charge is 0.367 e. The van der Waals surface area contributed by atoms with Gasteiger partial charge in [-0.1, -0.05) is 30.3 Å². The molecule has 1 N–H and O–H groups in total. The van der Waals surface area contributed by atoms with Crippen molar-refractivity contribution in [3.05, 3.63) is 53.4 Å². The van der Waals surface area contributed by atoms with Crippen LogP contribution in [0, 0.1) is 0 Å². The molecule has 3 nitrogen and oxygen atoms in total. The Morgan fingerprint density at radius 1 is 1.18 bits per heavy atom. The number of anilines is 1. The van der Waals surface area contributed by atoms with Gasteiger partial charge in [-0.05, 0) is 29.7 Å². The second-order valence-electron chi connectivity index (χ2n) is 4.21. The lowest BCUT2D eigenvalue weighted by Gasteiger charge is -2.04. The van der Waals surface area contributed by atoms with Crippen molar-refractivity contribution >= 4 is 17.4 Å². The first-order valence-electron chi connectivity index (χ1n) is 5.63. The molecule has 2 aromatic rings. The predicted octanol–water partition coefficient (Wildman–Crippen LogP) is 3.10. The highest BCUT2D eigenvalue weighted by atomic mass is 35.5. The van der Waals surface area contributed by atoms with Gasteiger partial charge in [-0.25, -0.2) is 9.97 Å². The molecule has 1 aromatic carbocycles. The minimum Gasteiger partial charge on any atom is -0.367 e. The number of hydrogen-bond acceptors (Lipinski definition) is 3. The van der Waals surface area contributed by atoms with E-state index >= 15 is 0 Å². The number of halogens is 1. The smallest absolute Gasteiger partial charge is 0.224 e. The Kier molecular flexibility index (Phi) is 2.69. The Bertz CT molecular complexity index is 515. The Morgan fingerprint density at radius 3 is 2.76 bits per heavy atom. The van der Waals surface area contributed by atoms with Crippen LogP contribution >= 0.6 is 11.6 Å². The van der Waals surface area contributed by atoms with Crippen molar-refractivity contribution in [2.75, 3.05) is 5.32 Å². The van der Waals surface area contributed by atoms with Crippen molar-refractivity contribution in [1.82, 2.24) is 9.97 Å². The first-order valence-corrected chi connectivity index (χ1v) is 6.01. The number of benzene rings is 1. The second kappa shape index (κ2) is 4.34. The maximum absolute atomic E-state index is 5.74. The van der Waals surface area contributed by atoms with Crippen LogP contribution in [0.3, 0.4) is 0 Å². The molecule has 2 atom stereocenters. The lowest BCUT2D eigenvalue weighted by atomic mass is 10.1. The number of nitrogens with zero attached hydrogens (tertiary/aromatic N) is 2. The van der Waals surface area contributed by atoms with Gasteiger partial charge in [0.15, 0.2) is 0 Å². The van der Waals surface area contributed by atoms with Crippen molar-refractivity contribution in [2.24, 2.45) is 0 Å². The molecule has 3 rings (SSSR count). The zero-order chi connectivity index (χ0) is 11.7. The van der Waals surface area contributed by atoms with Crippen LogP contribution in [0.4, 0.5) is 5.82 Å². The van der Waals surface area contributed by atoms with E-state index in [9.17, 15) is 0 Å². The molecule has 86 valence electrons. The van der Waals surface area contributed by atoms with Crippen LogP contribution in [0.2, 0.25) is 5.28 Å². The van der Waals surface area contributed by atoms with E-state index in [1.54, 1.807) is 6.20 Å². The third-order valence-corrected chi connectivity index (χ3v) is 3.16. The summed E-state index contributed by atoms with van der Waals surface area (Å²) in [4.78, 5) is 7.98. The molecule has 0 saturated heterocycles. The molecule has 17 heavy (non-hydrogen) atoms. The SMILES string of the molecule is Clc1nccc(NC2CC2c2ccccc2)n1. The molecule has 1 fully saturated rings. The number of hydrogen-bond donors (Lipinski definition) is 1. The van der Waals surface area contributed by atoms with E-state index in [1.165, 1.54) is 5.56 Å². The Hall–Kier alpha value is -1.61. The van der Waals surface area contributed by atoms with Gasteiger partial charge < -0.3 is 5.32 Å². The van der Waals surface area contributed by atoms with Crippen molar-refractivity contribution in [3.63, 3.8) is 0 Å². The van der Waals surface area contributed by atoms with Gasteiger partial charge in [-0.3, -0.25) is 0 Å². The zero-order valence-corrected chi connectivity index (χ0v) is 9.93. The van der Waals surface area contributed by atoms with Gasteiger partial charge in [0.05, 0.1) is 0 Å². The molecule has 0 aliphatic heterocycles. The number of rotatable bonds is 3. The topological polar surface area (TPSA) is 37.8 Å². The second-order valence-corrected chi connectivity index (χ2v) is 4.55. The molecule has 1 aromatic heterocycles. The van der Waals surface area contributed by atoms with Crippen molar-refractivity contribution < 1.29 is 0 Å². The summed E-state index contributed by atoms with van der Waals surface area (Å²) in [7, 11) is 0. The average Bonchev–Trinajstić information content (AvgIpc) is 3.10. The van der Waals surface area contributed by atoms with E-state index in [2.05, 4.69) is 39.6 Å². The van der Waals surface area contributed by atoms with E-state index in [4.69, 9.17) is 11.6 Å². The van der Waals surface area contributed by atoms with Crippen LogP contribution in [0.25, 0.3) is 0 Å². The summed E-state index contributed by atoms with van der Waals surface area (Å²) in [6.07, 6.45) is 2.81. The van der Waals surface area contributed by atoms with E-state index in [1.807, 2.05) is 12.1 Å². The molecule has 4 heteroatoms. The van der Waals surface area contributed by atoms with Gasteiger partial charge in [0.25, 0.3) is 0 Å². The summed E-state index contributed by atoms with van der Waals surface area (Å²) < 4.78 is 0. The summed E-state index contributed by atoms with van der Waals surface area (Å²) in [6.45, 7) is 0. The Labute approximate surface area is 105 Å². The normalized spacial score (nSPS) is 22.2. The van der Waals surface area contributed by atoms with Crippen LogP contribution in [0.15, 0.2) is 42.6 Å². The fourth-order valence-corrected chi connectivity index (χ4v) is 2.18. The molecule has 0 spiro atoms. The molecule has 1 aliphatic rings. The molecule has 1 saturated carbocycles. The average molecular weight is 246 g/mol. The Morgan fingerprint density at radius 2 is 2.00 bits per heavy atom. The first-order chi connectivity index (χ1) is 8.33. The van der Waals surface area contributed by atoms with Gasteiger partial charge in [0.1, 0.15) is 5.82 Å². The molecule has 0 amide bonds. The van der Waals surface area contributed by atoms with E-state index in [0.29, 0.717) is 12.0 Å². The highest BCUT2D eigenvalue weighted by molar-refractivity contribution is 6.28. The van der Waals surface area contributed by atoms with Crippen LogP contribution < -0.4 is 5.32 Å². The highest BCUT2D eigenvalue weighted by Gasteiger charge is 2.38. The fourth-order valence-electron chi connectivity index (χ4n) is 2.03. The molecule has 0 bridgehead atoms. The number of nitrogens with one attached hydrogen (secondary N) is 1. The fraction of sp³-hybridized carbons (Fsp3) is 0.231. The van der Waals surface area contributed by atoms with Gasteiger partial charge in [-0.15, -0.1) is 0 Å². The summed E-state index contributed by atoms with van der Waals surface area (Å²) in [6, 6.07) is 12.8. The monoisotopic (exact) mass is 245 g/mol. The summed E-state index contributed by atoms with van der Waals surface area (Å²) >= 11 is 5.74. The number of aromatic nitrogens is 2. The molecular formula is C13H12ClN3. The van der Waals surface area contributed by atoms with Crippen molar-refractivity contribution in [3.8, 4) is 0 Å². The highest BCUT2D eigenvalue weighted by Crippen LogP contribution is 2.42. The van der Waals surface area contributed by atoms with Gasteiger partial charge in [0, 0.05) is 18.2 Å². The summed E-state index contributed by atoms with van der Waals surface area (Å²) in [5, 5.41) is 3.65. The van der Waals surface area contributed by atoms with Crippen molar-refractivity contribution in [2.45, 2.75) is 18.4 Å². The van der Waals surface area contributed by atoms with E-state index in [0.717, 1.165) is 12.2 Å². The third-order valence-electron chi connectivity index (χ3n) is 2.98. The summed E-state index contributed by atoms with van der Waals surface area (Å²) in [5.74, 6) is 1.39. The third kappa shape index (κ3) is 2.39. The van der Waals surface area contributed by atoms with Gasteiger partial charge in [0.2, 0.25) is 5.28 Å². The first kappa shape index (κ1) is 10.5. The molecular weight excluding hydrogens is 234 g/mol. The van der Waals surface area contributed by atoms with Crippen LogP contribution in [-0.4, -0.2) is 16.0 Å². The van der Waals surface area contributed by atoms with Gasteiger partial charge >= 0.3 is 0 Å². The minimum atomic E-state index is 0.284. The Balaban J connectivity index is 1.66. The maximum atomic E-state index is 5.74. The summed E-state index contributed by atoms with van der Waals surface area (Å²) in [5.41, 5.74) is 1.38. The minimum absolute atomic E-state index is 0.284. The van der Waals surface area contributed by atoms with Crippen LogP contribution in [0.1, 0.15) is 17.9 Å². The van der Waals surface area contributed by atoms with Gasteiger partial charge in [-0.2, -0.15) is 0 Å². The lowest BCUT2D eigenvalue weighted by Crippen LogP contribution is -2.06. The van der Waals surface area contributed by atoms with Crippen molar-refractivity contribution in [1.29, 1.82) is 0 Å².